The molecule has 0 aromatic carbocycles. The molecule has 0 atom stereocenters. The van der Waals surface area contributed by atoms with E-state index in [1.54, 1.807) is 0 Å². The van der Waals surface area contributed by atoms with E-state index in [2.05, 4.69) is 12.8 Å². The van der Waals surface area contributed by atoms with Gasteiger partial charge in [-0.25, -0.2) is 0 Å². The Morgan fingerprint density at radius 3 is 1.00 bits per heavy atom. The van der Waals surface area contributed by atoms with E-state index in [4.69, 9.17) is 9.93 Å². The summed E-state index contributed by atoms with van der Waals surface area (Å²) in [5.74, 6) is 0. The summed E-state index contributed by atoms with van der Waals surface area (Å²) >= 11 is 0. The van der Waals surface area contributed by atoms with E-state index in [0.29, 0.717) is 0 Å². The summed E-state index contributed by atoms with van der Waals surface area (Å²) in [6.45, 7) is 0. The highest BCUT2D eigenvalue weighted by Crippen LogP contribution is 0.741. The van der Waals surface area contributed by atoms with Crippen LogP contribution in [0, 0.1) is 22.8 Å². The molecule has 0 fully saturated rings. The van der Waals surface area contributed by atoms with Crippen LogP contribution in [0.4, 0.5) is 0 Å². The Morgan fingerprint density at radius 1 is 1.00 bits per heavy atom. The molecule has 0 heterocycles. The Labute approximate surface area is 24.0 Å². The van der Waals surface area contributed by atoms with Crippen molar-refractivity contribution in [3.8, 4) is 12.8 Å². The SMILES string of the molecule is C#C.O=O. The molecule has 0 amide bonds. The molecular weight excluding hydrogens is 56.0 g/mol. The maximum absolute atomic E-state index is 7.00. The van der Waals surface area contributed by atoms with Crippen LogP contribution in [0.15, 0.2) is 0 Å². The fourth-order valence-electron chi connectivity index (χ4n) is 0. The van der Waals surface area contributed by atoms with Crippen molar-refractivity contribution in [3.05, 3.63) is 9.93 Å². The lowest BCUT2D eigenvalue weighted by Gasteiger charge is -0.707. The molecule has 4 heavy (non-hydrogen) atoms. The Hall–Kier alpha value is -0.840. The first kappa shape index (κ1) is 11.0. The average molecular weight is 58.0 g/mol. The fraction of sp³-hybridized carbons (Fsp3) is 0. The largest absolute Gasteiger partial charge is 0.124 e. The van der Waals surface area contributed by atoms with Gasteiger partial charge >= 0.3 is 0 Å². The summed E-state index contributed by atoms with van der Waals surface area (Å²) in [6.07, 6.45) is 8.00. The highest BCUT2D eigenvalue weighted by molar-refractivity contribution is 4.47. The third kappa shape index (κ3) is 0.0421. The molecule has 0 bridgehead atoms. The molecule has 0 spiro atoms. The Balaban J connectivity index is 0. The number of hydrogen-bond donors (Lipinski definition) is 0. The highest BCUT2D eigenvalue weighted by Gasteiger charge is 0.707. The second-order valence-electron chi connectivity index (χ2n) is 0. The molecule has 0 unspecified atom stereocenters. The predicted octanol–water partition coefficient (Wildman–Crippen LogP) is 0.316. The molecule has 0 radical (unpaired) electrons. The molecule has 2 nitrogen and oxygen atoms in total. The normalized spacial score (nSPS) is 1.50. The van der Waals surface area contributed by atoms with Crippen molar-refractivity contribution in [3.63, 3.8) is 0 Å². The predicted molar refractivity (Wildman–Crippen MR) is 16.6 cm³/mol. The van der Waals surface area contributed by atoms with Gasteiger partial charge in [0.25, 0.3) is 0 Å². The van der Waals surface area contributed by atoms with E-state index >= 15 is 0 Å². The number of hydrogen-bond acceptors (Lipinski definition) is 2. The van der Waals surface area contributed by atoms with Gasteiger partial charge in [-0.05, 0) is 0 Å². The molecular formula is C2H2O2. The zero-order valence-corrected chi connectivity index (χ0v) is 1.97. The van der Waals surface area contributed by atoms with Crippen LogP contribution >= 0.6 is 0 Å². The van der Waals surface area contributed by atoms with E-state index in [-0.39, 0.29) is 0 Å². The Kier molecular flexibility index (Phi) is 11.3. The molecule has 0 saturated carbocycles. The lowest BCUT2D eigenvalue weighted by molar-refractivity contribution is 2.66. The van der Waals surface area contributed by atoms with Gasteiger partial charge in [0.15, 0.2) is 0 Å². The second-order valence-corrected chi connectivity index (χ2v) is 0. The molecule has 0 aromatic rings. The van der Waals surface area contributed by atoms with Gasteiger partial charge < -0.3 is 0 Å². The molecule has 0 aliphatic carbocycles. The van der Waals surface area contributed by atoms with E-state index < -0.39 is 0 Å². The number of rotatable bonds is 0. The van der Waals surface area contributed by atoms with Crippen LogP contribution in [0.1, 0.15) is 0 Å². The summed E-state index contributed by atoms with van der Waals surface area (Å²) < 4.78 is 0. The van der Waals surface area contributed by atoms with Gasteiger partial charge in [-0.3, -0.25) is 0 Å². The van der Waals surface area contributed by atoms with Crippen molar-refractivity contribution in [1.29, 1.82) is 0 Å². The van der Waals surface area contributed by atoms with Crippen LogP contribution in [0.5, 0.6) is 0 Å². The third-order valence-electron chi connectivity index (χ3n) is 0. The van der Waals surface area contributed by atoms with Crippen molar-refractivity contribution in [2.24, 2.45) is 0 Å². The molecule has 0 rings (SSSR count). The maximum Gasteiger partial charge on any atom is 0 e. The van der Waals surface area contributed by atoms with Gasteiger partial charge in [0.2, 0.25) is 0 Å². The van der Waals surface area contributed by atoms with E-state index in [0.717, 1.165) is 0 Å². The minimum Gasteiger partial charge on any atom is -0.124 e. The second kappa shape index (κ2) is 4.12. The first-order valence-corrected chi connectivity index (χ1v) is 0.500. The van der Waals surface area contributed by atoms with Crippen molar-refractivity contribution in [1.82, 2.24) is 0 Å². The summed E-state index contributed by atoms with van der Waals surface area (Å²) in [4.78, 5) is 14.0. The third-order valence-corrected chi connectivity index (χ3v) is 0. The van der Waals surface area contributed by atoms with Crippen molar-refractivity contribution in [2.75, 3.05) is 0 Å². The molecule has 0 N–H and O–H groups in total. The molecule has 0 saturated heterocycles. The lowest BCUT2D eigenvalue weighted by atomic mass is 11.4. The zero-order valence-electron chi connectivity index (χ0n) is 1.97. The highest BCUT2D eigenvalue weighted by atomic mass is 16.7. The topological polar surface area (TPSA) is 34.1 Å². The summed E-state index contributed by atoms with van der Waals surface area (Å²) in [7, 11) is 0. The fourth-order valence-corrected chi connectivity index (χ4v) is 0. The quantitative estimate of drug-likeness (QED) is 0.376. The molecule has 0 aromatic heterocycles. The van der Waals surface area contributed by atoms with Gasteiger partial charge in [0, 0.05) is 9.93 Å². The van der Waals surface area contributed by atoms with Gasteiger partial charge in [-0.2, -0.15) is 0 Å². The average Bonchev–Trinajstić information content (AvgIpc) is 1.50. The molecule has 22 valence electrons. The van der Waals surface area contributed by atoms with Crippen molar-refractivity contribution < 1.29 is 0 Å². The van der Waals surface area contributed by atoms with Crippen LogP contribution in [-0.2, 0) is 0 Å². The van der Waals surface area contributed by atoms with Crippen molar-refractivity contribution in [2.45, 2.75) is 0 Å². The van der Waals surface area contributed by atoms with Crippen LogP contribution in [0.3, 0.4) is 0 Å². The van der Waals surface area contributed by atoms with Gasteiger partial charge in [0.1, 0.15) is 0 Å². The summed E-state index contributed by atoms with van der Waals surface area (Å²) in [6, 6.07) is 0. The molecule has 2 heteroatoms. The lowest BCUT2D eigenvalue weighted by Crippen LogP contribution is -0.674. The van der Waals surface area contributed by atoms with E-state index in [1.165, 1.54) is 0 Å². The molecule has 0 aliphatic heterocycles. The number of terminal acetylenes is 1. The minimum absolute atomic E-state index is 4.00. The molecule has 0 aliphatic rings. The first-order chi connectivity index (χ1) is 2.00. The smallest absolute Gasteiger partial charge is 0 e. The Morgan fingerprint density at radius 2 is 1.00 bits per heavy atom. The van der Waals surface area contributed by atoms with E-state index in [9.17, 15) is 0 Å². The van der Waals surface area contributed by atoms with Crippen LogP contribution in [0.2, 0.25) is 0 Å². The van der Waals surface area contributed by atoms with Gasteiger partial charge in [-0.1, -0.05) is 0 Å². The standard InChI is InChI=1S/C2H2.O2/c2*1-2/h1-2H;. The van der Waals surface area contributed by atoms with Gasteiger partial charge in [-0.15, -0.1) is 12.8 Å². The van der Waals surface area contributed by atoms with Crippen LogP contribution < -0.4 is 0 Å². The Bertz CT molecular complexity index is 15.2. The monoisotopic (exact) mass is 58.0 g/mol. The summed E-state index contributed by atoms with van der Waals surface area (Å²) in [5.41, 5.74) is 0. The zero-order chi connectivity index (χ0) is 4.00. The van der Waals surface area contributed by atoms with Crippen LogP contribution in [-0.4, -0.2) is 0 Å². The van der Waals surface area contributed by atoms with Gasteiger partial charge in [0.05, 0.1) is 0 Å². The minimum atomic E-state index is 4.00. The maximum atomic E-state index is 7.00. The first-order valence-electron chi connectivity index (χ1n) is 0.500. The van der Waals surface area contributed by atoms with E-state index in [1.807, 2.05) is 0 Å². The summed E-state index contributed by atoms with van der Waals surface area (Å²) in [5, 5.41) is 0. The van der Waals surface area contributed by atoms with Crippen LogP contribution in [0.25, 0.3) is 0 Å². The van der Waals surface area contributed by atoms with Crippen molar-refractivity contribution >= 4 is 0 Å².